The molecule has 0 aromatic heterocycles. The fraction of sp³-hybridized carbons (Fsp3) is 1.00. The number of hydrogen-bond acceptors (Lipinski definition) is 0. The summed E-state index contributed by atoms with van der Waals surface area (Å²) in [6.07, 6.45) is 5.82. The van der Waals surface area contributed by atoms with Crippen molar-refractivity contribution < 1.29 is 0 Å². The molecule has 4 unspecified atom stereocenters. The summed E-state index contributed by atoms with van der Waals surface area (Å²) in [7, 11) is 0. The highest BCUT2D eigenvalue weighted by atomic mass is 14.4. The van der Waals surface area contributed by atoms with Gasteiger partial charge in [0.1, 0.15) is 0 Å². The summed E-state index contributed by atoms with van der Waals surface area (Å²) in [5.41, 5.74) is 0. The van der Waals surface area contributed by atoms with Crippen molar-refractivity contribution in [1.29, 1.82) is 0 Å². The van der Waals surface area contributed by atoms with E-state index in [0.717, 1.165) is 35.5 Å². The average Bonchev–Trinajstić information content (AvgIpc) is 2.14. The van der Waals surface area contributed by atoms with E-state index in [1.165, 1.54) is 25.7 Å². The van der Waals surface area contributed by atoms with Gasteiger partial charge >= 0.3 is 0 Å². The summed E-state index contributed by atoms with van der Waals surface area (Å²) in [5, 5.41) is 0. The summed E-state index contributed by atoms with van der Waals surface area (Å²) in [5.74, 6) is 5.79. The standard InChI is InChI=1S/C16H32/c1-7-14(11(2)3)8-9-15-10-13(6)16(15)12(4)5/h11-16H,7-10H2,1-6H3. The summed E-state index contributed by atoms with van der Waals surface area (Å²) < 4.78 is 0. The van der Waals surface area contributed by atoms with Gasteiger partial charge in [0.05, 0.1) is 0 Å². The first kappa shape index (κ1) is 14.1. The van der Waals surface area contributed by atoms with E-state index in [1.54, 1.807) is 0 Å². The molecular weight excluding hydrogens is 192 g/mol. The van der Waals surface area contributed by atoms with Crippen LogP contribution in [0.2, 0.25) is 0 Å². The second-order valence-corrected chi connectivity index (χ2v) is 6.78. The molecule has 0 bridgehead atoms. The molecule has 0 aromatic carbocycles. The lowest BCUT2D eigenvalue weighted by molar-refractivity contribution is 0.0309. The molecule has 0 amide bonds. The predicted molar refractivity (Wildman–Crippen MR) is 73.5 cm³/mol. The first-order valence-electron chi connectivity index (χ1n) is 7.47. The molecule has 1 saturated carbocycles. The van der Waals surface area contributed by atoms with Crippen molar-refractivity contribution in [3.63, 3.8) is 0 Å². The van der Waals surface area contributed by atoms with Crippen LogP contribution in [0.3, 0.4) is 0 Å². The summed E-state index contributed by atoms with van der Waals surface area (Å²) >= 11 is 0. The van der Waals surface area contributed by atoms with E-state index < -0.39 is 0 Å². The Hall–Kier alpha value is 0. The minimum absolute atomic E-state index is 0.875. The Labute approximate surface area is 103 Å². The minimum Gasteiger partial charge on any atom is -0.0651 e. The second-order valence-electron chi connectivity index (χ2n) is 6.78. The van der Waals surface area contributed by atoms with Gasteiger partial charge in [0, 0.05) is 0 Å². The molecular formula is C16H32. The van der Waals surface area contributed by atoms with Crippen molar-refractivity contribution in [2.75, 3.05) is 0 Å². The molecule has 1 aliphatic carbocycles. The second kappa shape index (κ2) is 6.07. The maximum absolute atomic E-state index is 2.45. The molecule has 1 fully saturated rings. The normalized spacial score (nSPS) is 31.9. The lowest BCUT2D eigenvalue weighted by atomic mass is 9.59. The van der Waals surface area contributed by atoms with Crippen LogP contribution in [0, 0.1) is 35.5 Å². The van der Waals surface area contributed by atoms with Crippen LogP contribution in [0.25, 0.3) is 0 Å². The molecule has 0 radical (unpaired) electrons. The van der Waals surface area contributed by atoms with Gasteiger partial charge in [-0.25, -0.2) is 0 Å². The molecule has 1 rings (SSSR count). The first-order valence-corrected chi connectivity index (χ1v) is 7.47. The molecule has 16 heavy (non-hydrogen) atoms. The van der Waals surface area contributed by atoms with Gasteiger partial charge in [-0.1, -0.05) is 48.0 Å². The third kappa shape index (κ3) is 3.25. The van der Waals surface area contributed by atoms with Crippen molar-refractivity contribution in [2.45, 2.75) is 67.2 Å². The predicted octanol–water partition coefficient (Wildman–Crippen LogP) is 5.38. The minimum atomic E-state index is 0.875. The van der Waals surface area contributed by atoms with Crippen LogP contribution < -0.4 is 0 Å². The Kier molecular flexibility index (Phi) is 5.34. The van der Waals surface area contributed by atoms with Crippen molar-refractivity contribution in [2.24, 2.45) is 35.5 Å². The average molecular weight is 224 g/mol. The molecule has 0 aromatic rings. The van der Waals surface area contributed by atoms with Gasteiger partial charge < -0.3 is 0 Å². The van der Waals surface area contributed by atoms with E-state index in [0.29, 0.717) is 0 Å². The van der Waals surface area contributed by atoms with E-state index in [1.807, 2.05) is 0 Å². The lowest BCUT2D eigenvalue weighted by Gasteiger charge is -2.46. The Balaban J connectivity index is 2.33. The van der Waals surface area contributed by atoms with Gasteiger partial charge in [-0.05, 0) is 54.8 Å². The molecule has 4 atom stereocenters. The fourth-order valence-electron chi connectivity index (χ4n) is 4.01. The van der Waals surface area contributed by atoms with E-state index in [-0.39, 0.29) is 0 Å². The van der Waals surface area contributed by atoms with Crippen LogP contribution >= 0.6 is 0 Å². The molecule has 0 saturated heterocycles. The van der Waals surface area contributed by atoms with Crippen molar-refractivity contribution in [1.82, 2.24) is 0 Å². The van der Waals surface area contributed by atoms with Gasteiger partial charge in [0.15, 0.2) is 0 Å². The summed E-state index contributed by atoms with van der Waals surface area (Å²) in [6, 6.07) is 0. The zero-order valence-electron chi connectivity index (χ0n) is 12.3. The van der Waals surface area contributed by atoms with E-state index in [4.69, 9.17) is 0 Å². The van der Waals surface area contributed by atoms with Crippen molar-refractivity contribution >= 4 is 0 Å². The van der Waals surface area contributed by atoms with E-state index in [9.17, 15) is 0 Å². The van der Waals surface area contributed by atoms with Crippen LogP contribution in [0.15, 0.2) is 0 Å². The maximum Gasteiger partial charge on any atom is -0.0337 e. The monoisotopic (exact) mass is 224 g/mol. The Morgan fingerprint density at radius 2 is 1.75 bits per heavy atom. The third-order valence-electron chi connectivity index (χ3n) is 5.02. The highest BCUT2D eigenvalue weighted by Gasteiger charge is 2.39. The zero-order valence-corrected chi connectivity index (χ0v) is 12.3. The highest BCUT2D eigenvalue weighted by Crippen LogP contribution is 2.47. The molecule has 1 aliphatic rings. The Morgan fingerprint density at radius 3 is 2.12 bits per heavy atom. The van der Waals surface area contributed by atoms with Gasteiger partial charge in [0.2, 0.25) is 0 Å². The van der Waals surface area contributed by atoms with Crippen LogP contribution in [0.5, 0.6) is 0 Å². The summed E-state index contributed by atoms with van der Waals surface area (Å²) in [6.45, 7) is 14.4. The van der Waals surface area contributed by atoms with Gasteiger partial charge in [-0.2, -0.15) is 0 Å². The fourth-order valence-corrected chi connectivity index (χ4v) is 4.01. The number of hydrogen-bond donors (Lipinski definition) is 0. The quantitative estimate of drug-likeness (QED) is 0.568. The van der Waals surface area contributed by atoms with E-state index >= 15 is 0 Å². The van der Waals surface area contributed by atoms with Crippen LogP contribution in [-0.2, 0) is 0 Å². The van der Waals surface area contributed by atoms with Gasteiger partial charge in [-0.3, -0.25) is 0 Å². The van der Waals surface area contributed by atoms with Crippen LogP contribution in [0.4, 0.5) is 0 Å². The molecule has 0 N–H and O–H groups in total. The third-order valence-corrected chi connectivity index (χ3v) is 5.02. The van der Waals surface area contributed by atoms with E-state index in [2.05, 4.69) is 41.5 Å². The molecule has 0 heterocycles. The Bertz CT molecular complexity index is 187. The van der Waals surface area contributed by atoms with Crippen LogP contribution in [0.1, 0.15) is 67.2 Å². The van der Waals surface area contributed by atoms with Gasteiger partial charge in [-0.15, -0.1) is 0 Å². The largest absolute Gasteiger partial charge is 0.0651 e. The lowest BCUT2D eigenvalue weighted by Crippen LogP contribution is -2.38. The molecule has 0 heteroatoms. The van der Waals surface area contributed by atoms with Crippen LogP contribution in [-0.4, -0.2) is 0 Å². The molecule has 0 spiro atoms. The molecule has 0 nitrogen and oxygen atoms in total. The molecule has 0 aliphatic heterocycles. The first-order chi connectivity index (χ1) is 7.47. The molecule has 96 valence electrons. The zero-order chi connectivity index (χ0) is 12.3. The maximum atomic E-state index is 2.45. The number of rotatable bonds is 6. The summed E-state index contributed by atoms with van der Waals surface area (Å²) in [4.78, 5) is 0. The highest BCUT2D eigenvalue weighted by molar-refractivity contribution is 4.88. The topological polar surface area (TPSA) is 0 Å². The van der Waals surface area contributed by atoms with Gasteiger partial charge in [0.25, 0.3) is 0 Å². The smallest absolute Gasteiger partial charge is 0.0337 e. The SMILES string of the molecule is CCC(CCC1CC(C)C1C(C)C)C(C)C. The van der Waals surface area contributed by atoms with Crippen molar-refractivity contribution in [3.8, 4) is 0 Å². The Morgan fingerprint density at radius 1 is 1.12 bits per heavy atom. The van der Waals surface area contributed by atoms with Crippen molar-refractivity contribution in [3.05, 3.63) is 0 Å².